The van der Waals surface area contributed by atoms with Crippen molar-refractivity contribution in [3.63, 3.8) is 0 Å². The molecule has 0 saturated carbocycles. The first-order valence-corrected chi connectivity index (χ1v) is 8.84. The zero-order valence-electron chi connectivity index (χ0n) is 13.0. The summed E-state index contributed by atoms with van der Waals surface area (Å²) in [5.74, 6) is -1.03. The van der Waals surface area contributed by atoms with Crippen molar-refractivity contribution in [2.45, 2.75) is 4.90 Å². The molecule has 2 N–H and O–H groups in total. The maximum atomic E-state index is 13.0. The van der Waals surface area contributed by atoms with Crippen LogP contribution in [0.15, 0.2) is 65.7 Å². The van der Waals surface area contributed by atoms with Crippen molar-refractivity contribution in [2.24, 2.45) is 5.92 Å². The molecule has 2 aromatic carbocycles. The van der Waals surface area contributed by atoms with Gasteiger partial charge < -0.3 is 10.8 Å². The molecule has 0 fully saturated rings. The third-order valence-electron chi connectivity index (χ3n) is 3.88. The van der Waals surface area contributed by atoms with E-state index < -0.39 is 15.9 Å². The molecule has 0 bridgehead atoms. The number of benzene rings is 2. The normalized spacial score (nSPS) is 12.4. The zero-order valence-corrected chi connectivity index (χ0v) is 13.9. The number of hydrogen-bond donors (Lipinski definition) is 2. The number of nitriles is 1. The number of rotatable bonds is 5. The molecule has 6 nitrogen and oxygen atoms in total. The lowest BCUT2D eigenvalue weighted by Crippen LogP contribution is -2.14. The Morgan fingerprint density at radius 3 is 2.40 bits per heavy atom. The predicted molar refractivity (Wildman–Crippen MR) is 95.7 cm³/mol. The Hall–Kier alpha value is -3.24. The molecule has 0 amide bonds. The maximum Gasteiger partial charge on any atom is 0.268 e. The van der Waals surface area contributed by atoms with Gasteiger partial charge in [0, 0.05) is 23.4 Å². The highest BCUT2D eigenvalue weighted by Crippen LogP contribution is 2.27. The Morgan fingerprint density at radius 1 is 1.12 bits per heavy atom. The number of fused-ring (bicyclic) bond motifs is 1. The molecule has 3 aromatic rings. The molecule has 1 heterocycles. The fraction of sp³-hybridized carbons (Fsp3) is 0.0556. The summed E-state index contributed by atoms with van der Waals surface area (Å²) < 4.78 is 27.1. The number of para-hydroxylation sites is 1. The van der Waals surface area contributed by atoms with E-state index in [1.165, 1.54) is 18.3 Å². The summed E-state index contributed by atoms with van der Waals surface area (Å²) in [6.45, 7) is 0. The summed E-state index contributed by atoms with van der Waals surface area (Å²) in [6, 6.07) is 16.7. The minimum Gasteiger partial charge on any atom is -0.311 e. The molecule has 0 aliphatic heterocycles. The van der Waals surface area contributed by atoms with Gasteiger partial charge in [-0.25, -0.2) is 12.4 Å². The van der Waals surface area contributed by atoms with Crippen molar-refractivity contribution < 1.29 is 8.42 Å². The third-order valence-corrected chi connectivity index (χ3v) is 5.57. The summed E-state index contributed by atoms with van der Waals surface area (Å²) >= 11 is 0. The second-order valence-corrected chi connectivity index (χ2v) is 7.18. The first-order valence-electron chi connectivity index (χ1n) is 7.40. The van der Waals surface area contributed by atoms with Crippen LogP contribution in [-0.4, -0.2) is 24.3 Å². The van der Waals surface area contributed by atoms with Crippen molar-refractivity contribution in [2.75, 3.05) is 0 Å². The fourth-order valence-corrected chi connectivity index (χ4v) is 4.01. The molecule has 124 valence electrons. The van der Waals surface area contributed by atoms with Gasteiger partial charge in [0.25, 0.3) is 10.0 Å². The Kier molecular flexibility index (Phi) is 4.21. The molecule has 25 heavy (non-hydrogen) atoms. The molecule has 0 aliphatic rings. The highest BCUT2D eigenvalue weighted by molar-refractivity contribution is 7.90. The summed E-state index contributed by atoms with van der Waals surface area (Å²) in [6.07, 6.45) is 2.23. The van der Waals surface area contributed by atoms with Crippen LogP contribution in [0.2, 0.25) is 0 Å². The highest BCUT2D eigenvalue weighted by atomic mass is 32.2. The van der Waals surface area contributed by atoms with E-state index in [0.29, 0.717) is 16.5 Å². The number of aromatic nitrogens is 1. The molecular weight excluding hydrogens is 336 g/mol. The van der Waals surface area contributed by atoms with Gasteiger partial charge in [0.05, 0.1) is 22.2 Å². The molecule has 1 aromatic heterocycles. The lowest BCUT2D eigenvalue weighted by atomic mass is 9.99. The van der Waals surface area contributed by atoms with Gasteiger partial charge in [-0.3, -0.25) is 0 Å². The molecule has 0 radical (unpaired) electrons. The summed E-state index contributed by atoms with van der Waals surface area (Å²) in [4.78, 5) is 0.137. The van der Waals surface area contributed by atoms with Crippen LogP contribution in [0.4, 0.5) is 0 Å². The summed E-state index contributed by atoms with van der Waals surface area (Å²) in [7, 11) is -3.84. The Morgan fingerprint density at radius 2 is 1.76 bits per heavy atom. The van der Waals surface area contributed by atoms with Crippen molar-refractivity contribution >= 4 is 32.9 Å². The second-order valence-electron chi connectivity index (χ2n) is 5.36. The van der Waals surface area contributed by atoms with Gasteiger partial charge in [0.15, 0.2) is 0 Å². The molecular formula is C18H14N4O2S. The monoisotopic (exact) mass is 350 g/mol. The molecule has 0 spiro atoms. The Labute approximate surface area is 145 Å². The van der Waals surface area contributed by atoms with Crippen LogP contribution >= 0.6 is 0 Å². The summed E-state index contributed by atoms with van der Waals surface area (Å²) in [5, 5.41) is 25.2. The van der Waals surface area contributed by atoms with E-state index in [2.05, 4.69) is 0 Å². The lowest BCUT2D eigenvalue weighted by Gasteiger charge is -2.07. The minimum absolute atomic E-state index is 0.101. The first kappa shape index (κ1) is 16.6. The average molecular weight is 350 g/mol. The summed E-state index contributed by atoms with van der Waals surface area (Å²) in [5.41, 5.74) is 0.647. The van der Waals surface area contributed by atoms with E-state index in [9.17, 15) is 8.42 Å². The van der Waals surface area contributed by atoms with Crippen molar-refractivity contribution in [1.82, 2.24) is 3.97 Å². The molecule has 1 unspecified atom stereocenters. The van der Waals surface area contributed by atoms with Crippen molar-refractivity contribution in [3.05, 3.63) is 66.4 Å². The first-order chi connectivity index (χ1) is 12.0. The van der Waals surface area contributed by atoms with Crippen LogP contribution in [0.1, 0.15) is 5.56 Å². The predicted octanol–water partition coefficient (Wildman–Crippen LogP) is 3.04. The Bertz CT molecular complexity index is 1110. The molecule has 1 atom stereocenters. The van der Waals surface area contributed by atoms with E-state index in [1.807, 2.05) is 6.07 Å². The van der Waals surface area contributed by atoms with E-state index in [-0.39, 0.29) is 10.6 Å². The largest absolute Gasteiger partial charge is 0.311 e. The van der Waals surface area contributed by atoms with Gasteiger partial charge in [0.2, 0.25) is 0 Å². The van der Waals surface area contributed by atoms with Crippen LogP contribution in [0, 0.1) is 28.1 Å². The van der Waals surface area contributed by atoms with Gasteiger partial charge >= 0.3 is 0 Å². The van der Waals surface area contributed by atoms with E-state index in [1.54, 1.807) is 42.5 Å². The molecule has 0 aliphatic carbocycles. The van der Waals surface area contributed by atoms with Gasteiger partial charge in [-0.2, -0.15) is 5.26 Å². The molecule has 0 saturated heterocycles. The van der Waals surface area contributed by atoms with E-state index in [4.69, 9.17) is 16.1 Å². The quantitative estimate of drug-likeness (QED) is 0.690. The standard InChI is InChI=1S/C18H14N4O2S/c19-10-13(11-20)18(21)16-12-22(17-9-5-4-8-15(16)17)25(23,24)14-6-2-1-3-7-14/h1-10,12-13,19,21H. The lowest BCUT2D eigenvalue weighted by molar-refractivity contribution is 0.589. The molecule has 7 heteroatoms. The smallest absolute Gasteiger partial charge is 0.268 e. The number of hydrogen-bond acceptors (Lipinski definition) is 5. The zero-order chi connectivity index (χ0) is 18.0. The third kappa shape index (κ3) is 2.73. The van der Waals surface area contributed by atoms with E-state index in [0.717, 1.165) is 10.2 Å². The van der Waals surface area contributed by atoms with Crippen LogP contribution in [0.5, 0.6) is 0 Å². The minimum atomic E-state index is -3.84. The maximum absolute atomic E-state index is 13.0. The van der Waals surface area contributed by atoms with Gasteiger partial charge in [-0.05, 0) is 18.2 Å². The van der Waals surface area contributed by atoms with Crippen molar-refractivity contribution in [1.29, 1.82) is 16.1 Å². The van der Waals surface area contributed by atoms with Crippen LogP contribution in [-0.2, 0) is 10.0 Å². The number of nitrogens with zero attached hydrogens (tertiary/aromatic N) is 2. The van der Waals surface area contributed by atoms with E-state index >= 15 is 0 Å². The van der Waals surface area contributed by atoms with Crippen molar-refractivity contribution in [3.8, 4) is 6.07 Å². The van der Waals surface area contributed by atoms with Gasteiger partial charge in [0.1, 0.15) is 5.92 Å². The SMILES string of the molecule is N#CC(C=N)C(=N)c1cn(S(=O)(=O)c2ccccc2)c2ccccc12. The molecule has 3 rings (SSSR count). The average Bonchev–Trinajstić information content (AvgIpc) is 3.04. The number of nitrogens with one attached hydrogen (secondary N) is 2. The van der Waals surface area contributed by atoms with Crippen LogP contribution < -0.4 is 0 Å². The Balaban J connectivity index is 2.27. The van der Waals surface area contributed by atoms with Crippen LogP contribution in [0.25, 0.3) is 10.9 Å². The highest BCUT2D eigenvalue weighted by Gasteiger charge is 2.24. The van der Waals surface area contributed by atoms with Gasteiger partial charge in [-0.15, -0.1) is 0 Å². The topological polar surface area (TPSA) is 111 Å². The van der Waals surface area contributed by atoms with Gasteiger partial charge in [-0.1, -0.05) is 36.4 Å². The second kappa shape index (κ2) is 6.34. The fourth-order valence-electron chi connectivity index (χ4n) is 2.62. The van der Waals surface area contributed by atoms with Crippen LogP contribution in [0.3, 0.4) is 0 Å².